The van der Waals surface area contributed by atoms with Crippen molar-refractivity contribution in [2.45, 2.75) is 13.8 Å². The van der Waals surface area contributed by atoms with E-state index in [9.17, 15) is 4.79 Å². The molecule has 104 valence electrons. The van der Waals surface area contributed by atoms with Gasteiger partial charge in [-0.1, -0.05) is 33.6 Å². The number of rotatable bonds is 3. The molecule has 0 aromatic heterocycles. The Balaban J connectivity index is 2.56. The first kappa shape index (κ1) is 15.1. The van der Waals surface area contributed by atoms with Gasteiger partial charge in [0, 0.05) is 10.0 Å². The third kappa shape index (κ3) is 2.74. The van der Waals surface area contributed by atoms with Crippen molar-refractivity contribution in [3.05, 3.63) is 62.1 Å². The maximum absolute atomic E-state index is 12.6. The molecular formula is C16H14BrClO2. The molecule has 0 aliphatic heterocycles. The van der Waals surface area contributed by atoms with Gasteiger partial charge in [0.2, 0.25) is 0 Å². The molecule has 0 saturated heterocycles. The summed E-state index contributed by atoms with van der Waals surface area (Å²) in [5.41, 5.74) is 3.04. The van der Waals surface area contributed by atoms with E-state index in [1.54, 1.807) is 31.4 Å². The number of hydrogen-bond acceptors (Lipinski definition) is 2. The quantitative estimate of drug-likeness (QED) is 0.729. The molecule has 0 aliphatic rings. The van der Waals surface area contributed by atoms with Crippen LogP contribution in [0.3, 0.4) is 0 Å². The number of carbonyl (C=O) groups excluding carboxylic acids is 1. The van der Waals surface area contributed by atoms with E-state index in [4.69, 9.17) is 16.3 Å². The Morgan fingerprint density at radius 2 is 1.80 bits per heavy atom. The van der Waals surface area contributed by atoms with Crippen molar-refractivity contribution in [1.82, 2.24) is 0 Å². The number of aryl methyl sites for hydroxylation is 1. The minimum absolute atomic E-state index is 0.137. The monoisotopic (exact) mass is 352 g/mol. The Labute approximate surface area is 131 Å². The van der Waals surface area contributed by atoms with E-state index in [1.165, 1.54) is 0 Å². The van der Waals surface area contributed by atoms with E-state index in [2.05, 4.69) is 15.9 Å². The smallest absolute Gasteiger partial charge is 0.198 e. The summed E-state index contributed by atoms with van der Waals surface area (Å²) in [4.78, 5) is 12.6. The predicted molar refractivity (Wildman–Crippen MR) is 85.1 cm³/mol. The van der Waals surface area contributed by atoms with Crippen LogP contribution >= 0.6 is 27.5 Å². The normalized spacial score (nSPS) is 10.4. The second kappa shape index (κ2) is 5.98. The van der Waals surface area contributed by atoms with Crippen LogP contribution in [0.1, 0.15) is 27.0 Å². The lowest BCUT2D eigenvalue weighted by Gasteiger charge is -2.13. The van der Waals surface area contributed by atoms with Crippen molar-refractivity contribution >= 4 is 33.3 Å². The molecule has 0 saturated carbocycles. The Morgan fingerprint density at radius 3 is 2.40 bits per heavy atom. The van der Waals surface area contributed by atoms with Crippen molar-refractivity contribution in [1.29, 1.82) is 0 Å². The summed E-state index contributed by atoms with van der Waals surface area (Å²) in [6.45, 7) is 3.92. The van der Waals surface area contributed by atoms with Crippen LogP contribution in [0.4, 0.5) is 0 Å². The van der Waals surface area contributed by atoms with Crippen molar-refractivity contribution in [3.8, 4) is 5.75 Å². The molecule has 2 rings (SSSR count). The largest absolute Gasteiger partial charge is 0.496 e. The van der Waals surface area contributed by atoms with E-state index in [1.807, 2.05) is 19.9 Å². The molecule has 0 N–H and O–H groups in total. The third-order valence-electron chi connectivity index (χ3n) is 3.30. The summed E-state index contributed by atoms with van der Waals surface area (Å²) < 4.78 is 6.23. The highest BCUT2D eigenvalue weighted by Crippen LogP contribution is 2.30. The third-order valence-corrected chi connectivity index (χ3v) is 4.11. The van der Waals surface area contributed by atoms with Crippen LogP contribution < -0.4 is 4.74 Å². The highest BCUT2D eigenvalue weighted by Gasteiger charge is 2.19. The number of halogens is 2. The molecule has 0 amide bonds. The van der Waals surface area contributed by atoms with Gasteiger partial charge in [0.1, 0.15) is 5.75 Å². The molecule has 0 bridgehead atoms. The second-order valence-electron chi connectivity index (χ2n) is 4.54. The van der Waals surface area contributed by atoms with Gasteiger partial charge in [0.25, 0.3) is 0 Å². The zero-order valence-electron chi connectivity index (χ0n) is 11.5. The number of ketones is 1. The first-order valence-electron chi connectivity index (χ1n) is 6.09. The lowest BCUT2D eigenvalue weighted by molar-refractivity contribution is 0.103. The van der Waals surface area contributed by atoms with Crippen LogP contribution in [0.15, 0.2) is 34.8 Å². The zero-order valence-corrected chi connectivity index (χ0v) is 13.8. The maximum atomic E-state index is 12.6. The molecule has 2 aromatic rings. The van der Waals surface area contributed by atoms with Crippen LogP contribution in [0, 0.1) is 13.8 Å². The molecule has 0 unspecified atom stereocenters. The number of methoxy groups -OCH3 is 1. The molecule has 2 nitrogen and oxygen atoms in total. The topological polar surface area (TPSA) is 26.3 Å². The number of hydrogen-bond donors (Lipinski definition) is 0. The first-order chi connectivity index (χ1) is 9.45. The van der Waals surface area contributed by atoms with Crippen molar-refractivity contribution in [3.63, 3.8) is 0 Å². The standard InChI is InChI=1S/C16H14BrClO2/c1-9-4-6-13(16(20-3)10(9)2)15(19)12-7-5-11(17)8-14(12)18/h4-8H,1-3H3. The zero-order chi connectivity index (χ0) is 14.9. The van der Waals surface area contributed by atoms with Crippen LogP contribution in [0.25, 0.3) is 0 Å². The molecule has 0 radical (unpaired) electrons. The summed E-state index contributed by atoms with van der Waals surface area (Å²) in [6.07, 6.45) is 0. The van der Waals surface area contributed by atoms with Gasteiger partial charge in [-0.15, -0.1) is 0 Å². The molecule has 0 heterocycles. The molecule has 0 fully saturated rings. The maximum Gasteiger partial charge on any atom is 0.198 e. The van der Waals surface area contributed by atoms with Crippen LogP contribution in [-0.4, -0.2) is 12.9 Å². The number of benzene rings is 2. The second-order valence-corrected chi connectivity index (χ2v) is 5.86. The summed E-state index contributed by atoms with van der Waals surface area (Å²) >= 11 is 9.48. The summed E-state index contributed by atoms with van der Waals surface area (Å²) in [6, 6.07) is 8.91. The average Bonchev–Trinajstić information content (AvgIpc) is 2.41. The Hall–Kier alpha value is -1.32. The molecule has 0 spiro atoms. The highest BCUT2D eigenvalue weighted by molar-refractivity contribution is 9.10. The summed E-state index contributed by atoms with van der Waals surface area (Å²) in [5, 5.41) is 0.421. The molecule has 20 heavy (non-hydrogen) atoms. The molecule has 0 aliphatic carbocycles. The highest BCUT2D eigenvalue weighted by atomic mass is 79.9. The van der Waals surface area contributed by atoms with Gasteiger partial charge in [-0.25, -0.2) is 0 Å². The number of carbonyl (C=O) groups is 1. The Morgan fingerprint density at radius 1 is 1.15 bits per heavy atom. The lowest BCUT2D eigenvalue weighted by atomic mass is 9.97. The SMILES string of the molecule is COc1c(C(=O)c2ccc(Br)cc2Cl)ccc(C)c1C. The summed E-state index contributed by atoms with van der Waals surface area (Å²) in [5.74, 6) is 0.469. The molecule has 4 heteroatoms. The van der Waals surface area contributed by atoms with Gasteiger partial charge in [0.05, 0.1) is 17.7 Å². The van der Waals surface area contributed by atoms with Gasteiger partial charge in [-0.2, -0.15) is 0 Å². The van der Waals surface area contributed by atoms with Crippen molar-refractivity contribution in [2.24, 2.45) is 0 Å². The molecular weight excluding hydrogens is 340 g/mol. The minimum atomic E-state index is -0.137. The lowest BCUT2D eigenvalue weighted by Crippen LogP contribution is -2.06. The van der Waals surface area contributed by atoms with Gasteiger partial charge < -0.3 is 4.74 Å². The van der Waals surface area contributed by atoms with Crippen molar-refractivity contribution in [2.75, 3.05) is 7.11 Å². The Bertz CT molecular complexity index is 680. The average molecular weight is 354 g/mol. The van der Waals surface area contributed by atoms with Gasteiger partial charge in [-0.05, 0) is 49.2 Å². The van der Waals surface area contributed by atoms with E-state index in [-0.39, 0.29) is 5.78 Å². The van der Waals surface area contributed by atoms with Gasteiger partial charge in [-0.3, -0.25) is 4.79 Å². The van der Waals surface area contributed by atoms with E-state index in [0.29, 0.717) is 21.9 Å². The van der Waals surface area contributed by atoms with Crippen LogP contribution in [-0.2, 0) is 0 Å². The van der Waals surface area contributed by atoms with Crippen molar-refractivity contribution < 1.29 is 9.53 Å². The van der Waals surface area contributed by atoms with E-state index >= 15 is 0 Å². The van der Waals surface area contributed by atoms with Crippen LogP contribution in [0.5, 0.6) is 5.75 Å². The predicted octanol–water partition coefficient (Wildman–Crippen LogP) is 4.96. The molecule has 0 atom stereocenters. The van der Waals surface area contributed by atoms with Gasteiger partial charge >= 0.3 is 0 Å². The first-order valence-corrected chi connectivity index (χ1v) is 7.26. The fraction of sp³-hybridized carbons (Fsp3) is 0.188. The van der Waals surface area contributed by atoms with Gasteiger partial charge in [0.15, 0.2) is 5.78 Å². The minimum Gasteiger partial charge on any atom is -0.496 e. The fourth-order valence-electron chi connectivity index (χ4n) is 2.05. The van der Waals surface area contributed by atoms with E-state index < -0.39 is 0 Å². The molecule has 2 aromatic carbocycles. The number of ether oxygens (including phenoxy) is 1. The Kier molecular flexibility index (Phi) is 4.51. The van der Waals surface area contributed by atoms with Crippen LogP contribution in [0.2, 0.25) is 5.02 Å². The summed E-state index contributed by atoms with van der Waals surface area (Å²) in [7, 11) is 1.57. The fourth-order valence-corrected chi connectivity index (χ4v) is 2.81. The van der Waals surface area contributed by atoms with E-state index in [0.717, 1.165) is 15.6 Å².